The molecule has 9 heteroatoms. The van der Waals surface area contributed by atoms with E-state index >= 15 is 0 Å². The van der Waals surface area contributed by atoms with Crippen molar-refractivity contribution in [1.82, 2.24) is 9.29 Å². The Morgan fingerprint density at radius 1 is 1.50 bits per heavy atom. The van der Waals surface area contributed by atoms with Crippen LogP contribution < -0.4 is 5.73 Å². The van der Waals surface area contributed by atoms with Gasteiger partial charge in [-0.1, -0.05) is 0 Å². The second kappa shape index (κ2) is 5.60. The van der Waals surface area contributed by atoms with Crippen LogP contribution in [0.3, 0.4) is 0 Å². The summed E-state index contributed by atoms with van der Waals surface area (Å²) in [5, 5.41) is 2.50. The fraction of sp³-hybridized carbons (Fsp3) is 0.273. The first-order valence-corrected chi connectivity index (χ1v) is 8.71. The van der Waals surface area contributed by atoms with Gasteiger partial charge in [0.05, 0.1) is 16.3 Å². The van der Waals surface area contributed by atoms with Gasteiger partial charge in [0, 0.05) is 23.5 Å². The van der Waals surface area contributed by atoms with Crippen LogP contribution in [-0.2, 0) is 16.6 Å². The molecule has 0 saturated carbocycles. The molecule has 2 heterocycles. The number of nitrogens with zero attached hydrogens (tertiary/aromatic N) is 2. The van der Waals surface area contributed by atoms with Gasteiger partial charge in [-0.2, -0.15) is 4.31 Å². The Morgan fingerprint density at radius 2 is 2.20 bits per heavy atom. The van der Waals surface area contributed by atoms with Crippen LogP contribution in [0.25, 0.3) is 0 Å². The van der Waals surface area contributed by atoms with Gasteiger partial charge in [-0.05, 0) is 13.0 Å². The van der Waals surface area contributed by atoms with Crippen molar-refractivity contribution in [2.45, 2.75) is 18.4 Å². The number of primary amides is 1. The first-order chi connectivity index (χ1) is 9.32. The summed E-state index contributed by atoms with van der Waals surface area (Å²) >= 11 is 2.47. The number of nitrogens with two attached hydrogens (primary N) is 1. The molecular weight excluding hydrogens is 318 g/mol. The molecule has 108 valence electrons. The predicted molar refractivity (Wildman–Crippen MR) is 78.3 cm³/mol. The second-order valence-corrected chi connectivity index (χ2v) is 8.33. The van der Waals surface area contributed by atoms with Gasteiger partial charge in [-0.3, -0.25) is 4.79 Å². The molecule has 2 aromatic rings. The highest BCUT2D eigenvalue weighted by Crippen LogP contribution is 2.28. The third kappa shape index (κ3) is 2.90. The maximum Gasteiger partial charge on any atom is 0.258 e. The number of hydrogen-bond donors (Lipinski definition) is 1. The first-order valence-electron chi connectivity index (χ1n) is 5.57. The number of thiophene rings is 1. The minimum atomic E-state index is -3.66. The van der Waals surface area contributed by atoms with Crippen LogP contribution in [-0.4, -0.2) is 30.7 Å². The fourth-order valence-corrected chi connectivity index (χ4v) is 4.91. The van der Waals surface area contributed by atoms with E-state index < -0.39 is 15.9 Å². The lowest BCUT2D eigenvalue weighted by Crippen LogP contribution is -2.26. The molecule has 2 rings (SSSR count). The van der Waals surface area contributed by atoms with Crippen LogP contribution in [0.2, 0.25) is 0 Å². The van der Waals surface area contributed by atoms with Crippen molar-refractivity contribution in [3.8, 4) is 0 Å². The van der Waals surface area contributed by atoms with E-state index in [4.69, 9.17) is 5.73 Å². The second-order valence-electron chi connectivity index (χ2n) is 4.08. The Hall–Kier alpha value is -1.29. The van der Waals surface area contributed by atoms with Gasteiger partial charge in [0.15, 0.2) is 0 Å². The van der Waals surface area contributed by atoms with Crippen molar-refractivity contribution in [2.24, 2.45) is 5.73 Å². The van der Waals surface area contributed by atoms with Crippen molar-refractivity contribution < 1.29 is 13.2 Å². The lowest BCUT2D eigenvalue weighted by molar-refractivity contribution is 0.100. The summed E-state index contributed by atoms with van der Waals surface area (Å²) in [7, 11) is -2.17. The zero-order valence-electron chi connectivity index (χ0n) is 10.9. The largest absolute Gasteiger partial charge is 0.365 e. The van der Waals surface area contributed by atoms with E-state index in [0.717, 1.165) is 11.3 Å². The van der Waals surface area contributed by atoms with Crippen molar-refractivity contribution in [1.29, 1.82) is 0 Å². The highest BCUT2D eigenvalue weighted by atomic mass is 32.2. The molecule has 1 amide bonds. The molecule has 2 N–H and O–H groups in total. The summed E-state index contributed by atoms with van der Waals surface area (Å²) in [5.41, 5.74) is 5.18. The SMILES string of the molecule is Cc1sc(C(N)=O)cc1S(=O)(=O)N(C)Cc1nccs1. The number of rotatable bonds is 5. The lowest BCUT2D eigenvalue weighted by atomic mass is 10.4. The van der Waals surface area contributed by atoms with E-state index in [1.54, 1.807) is 18.5 Å². The van der Waals surface area contributed by atoms with Gasteiger partial charge in [0.25, 0.3) is 5.91 Å². The summed E-state index contributed by atoms with van der Waals surface area (Å²) in [4.78, 5) is 16.1. The molecule has 0 aliphatic rings. The normalized spacial score (nSPS) is 11.9. The molecule has 0 unspecified atom stereocenters. The Kier molecular flexibility index (Phi) is 4.23. The highest BCUT2D eigenvalue weighted by molar-refractivity contribution is 7.89. The van der Waals surface area contributed by atoms with Crippen LogP contribution in [0.15, 0.2) is 22.5 Å². The molecule has 0 spiro atoms. The summed E-state index contributed by atoms with van der Waals surface area (Å²) < 4.78 is 26.2. The molecular formula is C11H13N3O3S3. The molecule has 20 heavy (non-hydrogen) atoms. The Bertz CT molecular complexity index is 719. The number of carbonyl (C=O) groups is 1. The van der Waals surface area contributed by atoms with Gasteiger partial charge in [-0.25, -0.2) is 13.4 Å². The minimum absolute atomic E-state index is 0.121. The Balaban J connectivity index is 2.32. The van der Waals surface area contributed by atoms with Crippen LogP contribution in [0.5, 0.6) is 0 Å². The standard InChI is InChI=1S/C11H13N3O3S3/c1-7-9(5-8(19-7)11(12)15)20(16,17)14(2)6-10-13-3-4-18-10/h3-5H,6H2,1-2H3,(H2,12,15). The molecule has 0 radical (unpaired) electrons. The van der Waals surface area contributed by atoms with Gasteiger partial charge < -0.3 is 5.73 Å². The highest BCUT2D eigenvalue weighted by Gasteiger charge is 2.26. The zero-order valence-corrected chi connectivity index (χ0v) is 13.3. The molecule has 0 bridgehead atoms. The van der Waals surface area contributed by atoms with E-state index in [1.807, 2.05) is 0 Å². The maximum atomic E-state index is 12.5. The van der Waals surface area contributed by atoms with Gasteiger partial charge in [-0.15, -0.1) is 22.7 Å². The van der Waals surface area contributed by atoms with E-state index in [1.165, 1.54) is 28.8 Å². The van der Waals surface area contributed by atoms with Gasteiger partial charge >= 0.3 is 0 Å². The predicted octanol–water partition coefficient (Wildman–Crippen LogP) is 1.43. The average Bonchev–Trinajstić information content (AvgIpc) is 2.98. The van der Waals surface area contributed by atoms with Crippen LogP contribution >= 0.6 is 22.7 Å². The zero-order chi connectivity index (χ0) is 14.9. The number of aromatic nitrogens is 1. The average molecular weight is 331 g/mol. The monoisotopic (exact) mass is 331 g/mol. The van der Waals surface area contributed by atoms with E-state index in [-0.39, 0.29) is 16.3 Å². The van der Waals surface area contributed by atoms with Crippen molar-refractivity contribution in [3.63, 3.8) is 0 Å². The number of sulfonamides is 1. The van der Waals surface area contributed by atoms with Crippen LogP contribution in [0.1, 0.15) is 19.6 Å². The molecule has 6 nitrogen and oxygen atoms in total. The smallest absolute Gasteiger partial charge is 0.258 e. The number of thiazole rings is 1. The lowest BCUT2D eigenvalue weighted by Gasteiger charge is -2.15. The van der Waals surface area contributed by atoms with Crippen LogP contribution in [0.4, 0.5) is 0 Å². The molecule has 0 aliphatic carbocycles. The number of aryl methyl sites for hydroxylation is 1. The summed E-state index contributed by atoms with van der Waals surface area (Å²) in [6.07, 6.45) is 1.63. The molecule has 0 aromatic carbocycles. The van der Waals surface area contributed by atoms with Crippen molar-refractivity contribution in [3.05, 3.63) is 32.4 Å². The third-order valence-corrected chi connectivity index (χ3v) is 6.53. The summed E-state index contributed by atoms with van der Waals surface area (Å²) in [6, 6.07) is 1.33. The van der Waals surface area contributed by atoms with Crippen molar-refractivity contribution in [2.75, 3.05) is 7.05 Å². The number of amides is 1. The quantitative estimate of drug-likeness (QED) is 0.897. The summed E-state index contributed by atoms with van der Waals surface area (Å²) in [5.74, 6) is -0.623. The molecule has 0 aliphatic heterocycles. The van der Waals surface area contributed by atoms with E-state index in [2.05, 4.69) is 4.98 Å². The summed E-state index contributed by atoms with van der Waals surface area (Å²) in [6.45, 7) is 1.85. The molecule has 0 fully saturated rings. The molecule has 2 aromatic heterocycles. The minimum Gasteiger partial charge on any atom is -0.365 e. The van der Waals surface area contributed by atoms with Gasteiger partial charge in [0.1, 0.15) is 5.01 Å². The van der Waals surface area contributed by atoms with Crippen molar-refractivity contribution >= 4 is 38.6 Å². The van der Waals surface area contributed by atoms with Gasteiger partial charge in [0.2, 0.25) is 10.0 Å². The van der Waals surface area contributed by atoms with E-state index in [9.17, 15) is 13.2 Å². The Morgan fingerprint density at radius 3 is 2.70 bits per heavy atom. The first kappa shape index (κ1) is 15.1. The maximum absolute atomic E-state index is 12.5. The fourth-order valence-electron chi connectivity index (χ4n) is 1.62. The number of hydrogen-bond acceptors (Lipinski definition) is 6. The third-order valence-electron chi connectivity index (χ3n) is 2.64. The topological polar surface area (TPSA) is 93.4 Å². The Labute approximate surface area is 124 Å². The van der Waals surface area contributed by atoms with E-state index in [0.29, 0.717) is 9.88 Å². The number of carbonyl (C=O) groups excluding carboxylic acids is 1. The molecule has 0 saturated heterocycles. The molecule has 0 atom stereocenters. The van der Waals surface area contributed by atoms with Crippen LogP contribution in [0, 0.1) is 6.92 Å².